The molecule has 1 N–H and O–H groups in total. The number of nitrogens with one attached hydrogen (secondary N) is 1. The fourth-order valence-electron chi connectivity index (χ4n) is 2.48. The molecule has 1 saturated heterocycles. The van der Waals surface area contributed by atoms with Gasteiger partial charge in [0.05, 0.1) is 12.3 Å². The zero-order chi connectivity index (χ0) is 13.5. The molecule has 0 radical (unpaired) electrons. The number of aromatic nitrogens is 2. The summed E-state index contributed by atoms with van der Waals surface area (Å²) in [5, 5.41) is 11.9. The number of ether oxygens (including phenoxy) is 1. The molecule has 1 aromatic rings. The molecule has 0 saturated carbocycles. The molecule has 19 heavy (non-hydrogen) atoms. The smallest absolute Gasteiger partial charge is 0.151 e. The van der Waals surface area contributed by atoms with Gasteiger partial charge in [-0.2, -0.15) is 5.10 Å². The van der Waals surface area contributed by atoms with Crippen molar-refractivity contribution in [3.63, 3.8) is 0 Å². The molecular formula is C14H24N4O. The molecule has 2 heterocycles. The number of hydrogen-bond acceptors (Lipinski definition) is 5. The van der Waals surface area contributed by atoms with Crippen molar-refractivity contribution in [2.75, 3.05) is 44.8 Å². The van der Waals surface area contributed by atoms with Crippen LogP contribution in [0.25, 0.3) is 0 Å². The van der Waals surface area contributed by atoms with Crippen LogP contribution in [0, 0.1) is 12.8 Å². The maximum atomic E-state index is 5.04. The second kappa shape index (κ2) is 7.40. The molecule has 1 aliphatic heterocycles. The van der Waals surface area contributed by atoms with Crippen molar-refractivity contribution in [2.24, 2.45) is 5.92 Å². The molecule has 1 atom stereocenters. The lowest BCUT2D eigenvalue weighted by Crippen LogP contribution is -2.40. The van der Waals surface area contributed by atoms with Crippen LogP contribution in [0.3, 0.4) is 0 Å². The van der Waals surface area contributed by atoms with Gasteiger partial charge in [0.2, 0.25) is 0 Å². The number of methoxy groups -OCH3 is 1. The van der Waals surface area contributed by atoms with Crippen molar-refractivity contribution in [1.29, 1.82) is 0 Å². The third-order valence-corrected chi connectivity index (χ3v) is 3.54. The fraction of sp³-hybridized carbons (Fsp3) is 0.714. The summed E-state index contributed by atoms with van der Waals surface area (Å²) in [7, 11) is 1.74. The average Bonchev–Trinajstić information content (AvgIpc) is 2.45. The Kier molecular flexibility index (Phi) is 5.54. The van der Waals surface area contributed by atoms with E-state index in [1.165, 1.54) is 12.8 Å². The lowest BCUT2D eigenvalue weighted by molar-refractivity contribution is 0.197. The number of nitrogens with zero attached hydrogens (tertiary/aromatic N) is 3. The van der Waals surface area contributed by atoms with E-state index < -0.39 is 0 Å². The summed E-state index contributed by atoms with van der Waals surface area (Å²) in [6.07, 6.45) is 2.52. The van der Waals surface area contributed by atoms with Crippen LogP contribution in [-0.2, 0) is 4.74 Å². The minimum absolute atomic E-state index is 0.689. The van der Waals surface area contributed by atoms with E-state index in [1.807, 2.05) is 13.0 Å². The molecule has 106 valence electrons. The molecule has 1 unspecified atom stereocenters. The van der Waals surface area contributed by atoms with Crippen LogP contribution in [-0.4, -0.2) is 50.1 Å². The van der Waals surface area contributed by atoms with Crippen LogP contribution in [0.2, 0.25) is 0 Å². The summed E-state index contributed by atoms with van der Waals surface area (Å²) >= 11 is 0. The Morgan fingerprint density at radius 3 is 3.05 bits per heavy atom. The predicted molar refractivity (Wildman–Crippen MR) is 76.5 cm³/mol. The Balaban J connectivity index is 1.81. The van der Waals surface area contributed by atoms with Crippen LogP contribution in [0.4, 0.5) is 5.82 Å². The van der Waals surface area contributed by atoms with Gasteiger partial charge >= 0.3 is 0 Å². The Morgan fingerprint density at radius 1 is 1.42 bits per heavy atom. The summed E-state index contributed by atoms with van der Waals surface area (Å²) in [6, 6.07) is 4.10. The lowest BCUT2D eigenvalue weighted by atomic mass is 9.98. The third kappa shape index (κ3) is 4.44. The SMILES string of the molecule is COCCNCC1CCCN(c2ccc(C)nn2)C1. The number of rotatable bonds is 6. The largest absolute Gasteiger partial charge is 0.383 e. The highest BCUT2D eigenvalue weighted by Crippen LogP contribution is 2.20. The molecule has 0 amide bonds. The van der Waals surface area contributed by atoms with Crippen molar-refractivity contribution in [3.05, 3.63) is 17.8 Å². The maximum Gasteiger partial charge on any atom is 0.151 e. The Bertz CT molecular complexity index is 368. The number of hydrogen-bond donors (Lipinski definition) is 1. The van der Waals surface area contributed by atoms with Crippen molar-refractivity contribution < 1.29 is 4.74 Å². The molecule has 0 spiro atoms. The highest BCUT2D eigenvalue weighted by Gasteiger charge is 2.20. The summed E-state index contributed by atoms with van der Waals surface area (Å²) in [5.41, 5.74) is 0.971. The lowest BCUT2D eigenvalue weighted by Gasteiger charge is -2.33. The highest BCUT2D eigenvalue weighted by molar-refractivity contribution is 5.37. The van der Waals surface area contributed by atoms with Gasteiger partial charge in [-0.05, 0) is 44.4 Å². The molecule has 0 aliphatic carbocycles. The second-order valence-electron chi connectivity index (χ2n) is 5.18. The van der Waals surface area contributed by atoms with E-state index in [0.29, 0.717) is 5.92 Å². The Hall–Kier alpha value is -1.20. The minimum Gasteiger partial charge on any atom is -0.383 e. The van der Waals surface area contributed by atoms with Gasteiger partial charge < -0.3 is 15.0 Å². The van der Waals surface area contributed by atoms with Crippen molar-refractivity contribution in [3.8, 4) is 0 Å². The molecule has 1 fully saturated rings. The van der Waals surface area contributed by atoms with Gasteiger partial charge in [0.1, 0.15) is 0 Å². The first-order chi connectivity index (χ1) is 9.29. The van der Waals surface area contributed by atoms with Crippen LogP contribution in [0.1, 0.15) is 18.5 Å². The van der Waals surface area contributed by atoms with E-state index in [4.69, 9.17) is 4.74 Å². The Labute approximate surface area is 115 Å². The predicted octanol–water partition coefficient (Wildman–Crippen LogP) is 1.24. The van der Waals surface area contributed by atoms with Crippen LogP contribution < -0.4 is 10.2 Å². The van der Waals surface area contributed by atoms with Gasteiger partial charge in [-0.1, -0.05) is 0 Å². The average molecular weight is 264 g/mol. The van der Waals surface area contributed by atoms with Crippen LogP contribution >= 0.6 is 0 Å². The van der Waals surface area contributed by atoms with Crippen molar-refractivity contribution in [2.45, 2.75) is 19.8 Å². The first-order valence-electron chi connectivity index (χ1n) is 7.04. The van der Waals surface area contributed by atoms with Gasteiger partial charge in [-0.3, -0.25) is 0 Å². The molecule has 2 rings (SSSR count). The van der Waals surface area contributed by atoms with Gasteiger partial charge in [0.15, 0.2) is 5.82 Å². The zero-order valence-corrected chi connectivity index (χ0v) is 11.9. The number of aryl methyl sites for hydroxylation is 1. The van der Waals surface area contributed by atoms with Gasteiger partial charge in [0, 0.05) is 26.7 Å². The van der Waals surface area contributed by atoms with Gasteiger partial charge in [-0.25, -0.2) is 0 Å². The van der Waals surface area contributed by atoms with Crippen LogP contribution in [0.15, 0.2) is 12.1 Å². The summed E-state index contributed by atoms with van der Waals surface area (Å²) in [5.74, 6) is 1.70. The van der Waals surface area contributed by atoms with E-state index >= 15 is 0 Å². The first-order valence-corrected chi connectivity index (χ1v) is 7.04. The molecule has 1 aliphatic rings. The molecule has 0 bridgehead atoms. The van der Waals surface area contributed by atoms with E-state index in [1.54, 1.807) is 7.11 Å². The van der Waals surface area contributed by atoms with E-state index in [0.717, 1.165) is 44.3 Å². The number of piperidine rings is 1. The molecule has 0 aromatic carbocycles. The fourth-order valence-corrected chi connectivity index (χ4v) is 2.48. The van der Waals surface area contributed by atoms with Crippen LogP contribution in [0.5, 0.6) is 0 Å². The van der Waals surface area contributed by atoms with Gasteiger partial charge in [0.25, 0.3) is 0 Å². The van der Waals surface area contributed by atoms with E-state index in [9.17, 15) is 0 Å². The molecule has 5 heteroatoms. The Morgan fingerprint density at radius 2 is 2.32 bits per heavy atom. The van der Waals surface area contributed by atoms with Crippen molar-refractivity contribution >= 4 is 5.82 Å². The quantitative estimate of drug-likeness (QED) is 0.783. The molecular weight excluding hydrogens is 240 g/mol. The standard InChI is InChI=1S/C14H24N4O/c1-12-5-6-14(17-16-12)18-8-3-4-13(11-18)10-15-7-9-19-2/h5-6,13,15H,3-4,7-11H2,1-2H3. The molecule has 5 nitrogen and oxygen atoms in total. The third-order valence-electron chi connectivity index (χ3n) is 3.54. The van der Waals surface area contributed by atoms with Crippen molar-refractivity contribution in [1.82, 2.24) is 15.5 Å². The summed E-state index contributed by atoms with van der Waals surface area (Å²) in [6.45, 7) is 6.88. The summed E-state index contributed by atoms with van der Waals surface area (Å²) < 4.78 is 5.04. The monoisotopic (exact) mass is 264 g/mol. The second-order valence-corrected chi connectivity index (χ2v) is 5.18. The molecule has 1 aromatic heterocycles. The first kappa shape index (κ1) is 14.2. The highest BCUT2D eigenvalue weighted by atomic mass is 16.5. The minimum atomic E-state index is 0.689. The van der Waals surface area contributed by atoms with E-state index in [-0.39, 0.29) is 0 Å². The topological polar surface area (TPSA) is 50.3 Å². The number of anilines is 1. The summed E-state index contributed by atoms with van der Waals surface area (Å²) in [4.78, 5) is 2.35. The normalized spacial score (nSPS) is 19.7. The zero-order valence-electron chi connectivity index (χ0n) is 11.9. The van der Waals surface area contributed by atoms with E-state index in [2.05, 4.69) is 26.5 Å². The maximum absolute atomic E-state index is 5.04. The van der Waals surface area contributed by atoms with Gasteiger partial charge in [-0.15, -0.1) is 5.10 Å².